The Hall–Kier alpha value is -1.79. The molecule has 0 heterocycles. The van der Waals surface area contributed by atoms with Crippen LogP contribution in [0, 0.1) is 0 Å². The molecule has 0 aromatic heterocycles. The van der Waals surface area contributed by atoms with Gasteiger partial charge in [0.05, 0.1) is 16.6 Å². The van der Waals surface area contributed by atoms with Gasteiger partial charge in [0.1, 0.15) is 0 Å². The van der Waals surface area contributed by atoms with E-state index in [4.69, 9.17) is 23.8 Å². The van der Waals surface area contributed by atoms with Crippen LogP contribution in [-0.4, -0.2) is 5.11 Å². The Morgan fingerprint density at radius 2 is 1.63 bits per heavy atom. The average Bonchev–Trinajstić information content (AvgIpc) is 2.54. The first-order chi connectivity index (χ1) is 12.4. The third kappa shape index (κ3) is 5.84. The molecule has 2 aromatic rings. The van der Waals surface area contributed by atoms with E-state index in [1.807, 2.05) is 19.1 Å². The van der Waals surface area contributed by atoms with E-state index in [9.17, 15) is 13.2 Å². The Labute approximate surface area is 168 Å². The summed E-state index contributed by atoms with van der Waals surface area (Å²) in [5, 5.41) is 5.75. The summed E-state index contributed by atoms with van der Waals surface area (Å²) in [4.78, 5) is 0. The highest BCUT2D eigenvalue weighted by Gasteiger charge is 2.33. The molecule has 0 aliphatic rings. The van der Waals surface area contributed by atoms with Gasteiger partial charge in [-0.2, -0.15) is 13.2 Å². The summed E-state index contributed by atoms with van der Waals surface area (Å²) < 4.78 is 38.9. The molecule has 0 aliphatic heterocycles. The van der Waals surface area contributed by atoms with Crippen LogP contribution in [0.1, 0.15) is 50.4 Å². The molecule has 2 rings (SSSR count). The predicted molar refractivity (Wildman–Crippen MR) is 109 cm³/mol. The van der Waals surface area contributed by atoms with Crippen molar-refractivity contribution in [1.29, 1.82) is 0 Å². The molecule has 1 unspecified atom stereocenters. The van der Waals surface area contributed by atoms with Gasteiger partial charge >= 0.3 is 6.18 Å². The zero-order valence-corrected chi connectivity index (χ0v) is 17.1. The number of alkyl halides is 3. The summed E-state index contributed by atoms with van der Waals surface area (Å²) in [7, 11) is 0. The van der Waals surface area contributed by atoms with Gasteiger partial charge in [-0.05, 0) is 53.9 Å². The van der Waals surface area contributed by atoms with Gasteiger partial charge in [0.15, 0.2) is 5.11 Å². The summed E-state index contributed by atoms with van der Waals surface area (Å²) in [6, 6.07) is 11.7. The molecule has 0 fully saturated rings. The Morgan fingerprint density at radius 3 is 2.15 bits per heavy atom. The van der Waals surface area contributed by atoms with Crippen molar-refractivity contribution in [2.75, 3.05) is 5.32 Å². The number of anilines is 1. The first kappa shape index (κ1) is 21.5. The molecule has 0 spiro atoms. The minimum atomic E-state index is -4.52. The van der Waals surface area contributed by atoms with E-state index < -0.39 is 11.7 Å². The monoisotopic (exact) mass is 414 g/mol. The Bertz CT molecular complexity index is 811. The molecule has 0 bridgehead atoms. The van der Waals surface area contributed by atoms with Crippen LogP contribution < -0.4 is 10.6 Å². The quantitative estimate of drug-likeness (QED) is 0.546. The van der Waals surface area contributed by atoms with Crippen molar-refractivity contribution in [2.45, 2.75) is 45.3 Å². The van der Waals surface area contributed by atoms with Gasteiger partial charge in [-0.1, -0.05) is 56.6 Å². The molecular weight excluding hydrogens is 393 g/mol. The van der Waals surface area contributed by atoms with E-state index in [-0.39, 0.29) is 27.3 Å². The highest BCUT2D eigenvalue weighted by molar-refractivity contribution is 7.80. The van der Waals surface area contributed by atoms with Crippen molar-refractivity contribution in [3.63, 3.8) is 0 Å². The van der Waals surface area contributed by atoms with Gasteiger partial charge in [-0.15, -0.1) is 0 Å². The lowest BCUT2D eigenvalue weighted by atomic mass is 9.86. The van der Waals surface area contributed by atoms with E-state index in [2.05, 4.69) is 43.5 Å². The van der Waals surface area contributed by atoms with Gasteiger partial charge in [0, 0.05) is 5.69 Å². The summed E-state index contributed by atoms with van der Waals surface area (Å²) in [5.74, 6) is 0. The Morgan fingerprint density at radius 1 is 1.04 bits per heavy atom. The molecule has 0 saturated carbocycles. The molecule has 7 heteroatoms. The molecule has 2 nitrogen and oxygen atoms in total. The zero-order chi connectivity index (χ0) is 20.4. The SMILES string of the molecule is CC(NC(=S)Nc1ccc(Cl)c(C(F)(F)F)c1)c1ccc(C(C)(C)C)cc1. The van der Waals surface area contributed by atoms with Crippen molar-refractivity contribution in [3.05, 3.63) is 64.2 Å². The van der Waals surface area contributed by atoms with Gasteiger partial charge in [0.25, 0.3) is 0 Å². The Kier molecular flexibility index (Phi) is 6.43. The molecule has 1 atom stereocenters. The second-order valence-corrected chi connectivity index (χ2v) is 8.20. The molecule has 2 aromatic carbocycles. The summed E-state index contributed by atoms with van der Waals surface area (Å²) in [6.45, 7) is 8.36. The number of nitrogens with one attached hydrogen (secondary N) is 2. The number of benzene rings is 2. The number of thiocarbonyl (C=S) groups is 1. The zero-order valence-electron chi connectivity index (χ0n) is 15.5. The van der Waals surface area contributed by atoms with Crippen LogP contribution in [0.25, 0.3) is 0 Å². The normalized spacial score (nSPS) is 13.2. The van der Waals surface area contributed by atoms with Crippen molar-refractivity contribution in [3.8, 4) is 0 Å². The number of rotatable bonds is 3. The molecule has 27 heavy (non-hydrogen) atoms. The fourth-order valence-electron chi connectivity index (χ4n) is 2.54. The molecule has 0 radical (unpaired) electrons. The molecule has 146 valence electrons. The van der Waals surface area contributed by atoms with Crippen LogP contribution in [0.2, 0.25) is 5.02 Å². The van der Waals surface area contributed by atoms with Crippen molar-refractivity contribution < 1.29 is 13.2 Å². The topological polar surface area (TPSA) is 24.1 Å². The standard InChI is InChI=1S/C20H22ClF3N2S/c1-12(13-5-7-14(8-6-13)19(2,3)4)25-18(27)26-15-9-10-17(21)16(11-15)20(22,23)24/h5-12H,1-4H3,(H2,25,26,27). The van der Waals surface area contributed by atoms with Crippen molar-refractivity contribution in [2.24, 2.45) is 0 Å². The van der Waals surface area contributed by atoms with Gasteiger partial charge in [0.2, 0.25) is 0 Å². The lowest BCUT2D eigenvalue weighted by molar-refractivity contribution is -0.137. The minimum absolute atomic E-state index is 0.0663. The first-order valence-electron chi connectivity index (χ1n) is 8.42. The van der Waals surface area contributed by atoms with E-state index in [1.54, 1.807) is 0 Å². The molecule has 0 amide bonds. The lowest BCUT2D eigenvalue weighted by Gasteiger charge is -2.21. The van der Waals surface area contributed by atoms with Crippen LogP contribution in [0.15, 0.2) is 42.5 Å². The number of halogens is 4. The lowest BCUT2D eigenvalue weighted by Crippen LogP contribution is -2.31. The second-order valence-electron chi connectivity index (χ2n) is 7.38. The maximum atomic E-state index is 13.0. The highest BCUT2D eigenvalue weighted by atomic mass is 35.5. The fraction of sp³-hybridized carbons (Fsp3) is 0.350. The van der Waals surface area contributed by atoms with Crippen LogP contribution in [0.4, 0.5) is 18.9 Å². The van der Waals surface area contributed by atoms with Crippen LogP contribution >= 0.6 is 23.8 Å². The Balaban J connectivity index is 2.05. The molecule has 0 aliphatic carbocycles. The maximum absolute atomic E-state index is 13.0. The number of hydrogen-bond acceptors (Lipinski definition) is 1. The van der Waals surface area contributed by atoms with E-state index in [1.165, 1.54) is 17.7 Å². The molecular formula is C20H22ClF3N2S. The highest BCUT2D eigenvalue weighted by Crippen LogP contribution is 2.36. The van der Waals surface area contributed by atoms with Crippen LogP contribution in [-0.2, 0) is 11.6 Å². The van der Waals surface area contributed by atoms with E-state index >= 15 is 0 Å². The smallest absolute Gasteiger partial charge is 0.356 e. The van der Waals surface area contributed by atoms with E-state index in [0.29, 0.717) is 0 Å². The van der Waals surface area contributed by atoms with Gasteiger partial charge in [-0.25, -0.2) is 0 Å². The predicted octanol–water partition coefficient (Wildman–Crippen LogP) is 6.70. The number of hydrogen-bond donors (Lipinski definition) is 2. The third-order valence-corrected chi connectivity index (χ3v) is 4.70. The first-order valence-corrected chi connectivity index (χ1v) is 9.21. The fourth-order valence-corrected chi connectivity index (χ4v) is 3.06. The summed E-state index contributed by atoms with van der Waals surface area (Å²) >= 11 is 10.9. The molecule has 0 saturated heterocycles. The van der Waals surface area contributed by atoms with Gasteiger partial charge in [-0.3, -0.25) is 0 Å². The van der Waals surface area contributed by atoms with Crippen molar-refractivity contribution in [1.82, 2.24) is 5.32 Å². The maximum Gasteiger partial charge on any atom is 0.417 e. The minimum Gasteiger partial charge on any atom is -0.356 e. The molecule has 2 N–H and O–H groups in total. The van der Waals surface area contributed by atoms with Crippen molar-refractivity contribution >= 4 is 34.6 Å². The van der Waals surface area contributed by atoms with Gasteiger partial charge < -0.3 is 10.6 Å². The van der Waals surface area contributed by atoms with Crippen LogP contribution in [0.5, 0.6) is 0 Å². The average molecular weight is 415 g/mol. The summed E-state index contributed by atoms with van der Waals surface area (Å²) in [5.41, 5.74) is 1.64. The van der Waals surface area contributed by atoms with Crippen LogP contribution in [0.3, 0.4) is 0 Å². The summed E-state index contributed by atoms with van der Waals surface area (Å²) in [6.07, 6.45) is -4.52. The van der Waals surface area contributed by atoms with E-state index in [0.717, 1.165) is 11.6 Å². The second kappa shape index (κ2) is 8.07. The third-order valence-electron chi connectivity index (χ3n) is 4.15. The largest absolute Gasteiger partial charge is 0.417 e.